The zero-order valence-electron chi connectivity index (χ0n) is 9.60. The summed E-state index contributed by atoms with van der Waals surface area (Å²) < 4.78 is 37.1. The van der Waals surface area contributed by atoms with Gasteiger partial charge in [0.1, 0.15) is 0 Å². The van der Waals surface area contributed by atoms with Crippen molar-refractivity contribution in [2.45, 2.75) is 19.5 Å². The molecule has 5 heteroatoms. The lowest BCUT2D eigenvalue weighted by Crippen LogP contribution is -2.24. The molecule has 0 aliphatic heterocycles. The van der Waals surface area contributed by atoms with Crippen LogP contribution >= 0.6 is 11.6 Å². The SMILES string of the molecule is CCN(CCCCl)c1ccc(C(F)(F)F)cc1. The Kier molecular flexibility index (Phi) is 5.12. The van der Waals surface area contributed by atoms with Gasteiger partial charge in [-0.3, -0.25) is 0 Å². The van der Waals surface area contributed by atoms with Crippen LogP contribution in [0.3, 0.4) is 0 Å². The van der Waals surface area contributed by atoms with Crippen molar-refractivity contribution < 1.29 is 13.2 Å². The molecule has 0 saturated heterocycles. The predicted octanol–water partition coefficient (Wildman–Crippen LogP) is 4.16. The van der Waals surface area contributed by atoms with E-state index >= 15 is 0 Å². The van der Waals surface area contributed by atoms with Gasteiger partial charge in [-0.25, -0.2) is 0 Å². The molecule has 1 aromatic rings. The summed E-state index contributed by atoms with van der Waals surface area (Å²) in [6, 6.07) is 5.22. The number of halogens is 4. The van der Waals surface area contributed by atoms with Crippen molar-refractivity contribution in [1.29, 1.82) is 0 Å². The lowest BCUT2D eigenvalue weighted by Gasteiger charge is -2.23. The Hall–Kier alpha value is -0.900. The van der Waals surface area contributed by atoms with Crippen LogP contribution in [0.5, 0.6) is 0 Å². The summed E-state index contributed by atoms with van der Waals surface area (Å²) in [5.74, 6) is 0.553. The second-order valence-electron chi connectivity index (χ2n) is 3.67. The van der Waals surface area contributed by atoms with E-state index in [1.807, 2.05) is 11.8 Å². The molecule has 0 atom stereocenters. The fraction of sp³-hybridized carbons (Fsp3) is 0.500. The monoisotopic (exact) mass is 265 g/mol. The first kappa shape index (κ1) is 14.2. The van der Waals surface area contributed by atoms with E-state index in [1.165, 1.54) is 12.1 Å². The largest absolute Gasteiger partial charge is 0.416 e. The zero-order chi connectivity index (χ0) is 12.9. The first-order valence-electron chi connectivity index (χ1n) is 5.47. The molecule has 0 spiro atoms. The molecule has 0 saturated carbocycles. The number of hydrogen-bond donors (Lipinski definition) is 0. The molecular formula is C12H15ClF3N. The van der Waals surface area contributed by atoms with Crippen LogP contribution in [0.4, 0.5) is 18.9 Å². The van der Waals surface area contributed by atoms with Gasteiger partial charge in [0.05, 0.1) is 5.56 Å². The zero-order valence-corrected chi connectivity index (χ0v) is 10.4. The fourth-order valence-corrected chi connectivity index (χ4v) is 1.70. The molecule has 0 radical (unpaired) electrons. The number of alkyl halides is 4. The number of hydrogen-bond acceptors (Lipinski definition) is 1. The summed E-state index contributed by atoms with van der Waals surface area (Å²) in [5.41, 5.74) is 0.181. The van der Waals surface area contributed by atoms with Crippen LogP contribution < -0.4 is 4.90 Å². The second-order valence-corrected chi connectivity index (χ2v) is 4.04. The molecule has 0 aliphatic carbocycles. The minimum absolute atomic E-state index is 0.553. The highest BCUT2D eigenvalue weighted by molar-refractivity contribution is 6.17. The summed E-state index contributed by atoms with van der Waals surface area (Å²) in [7, 11) is 0. The summed E-state index contributed by atoms with van der Waals surface area (Å²) in [4.78, 5) is 2.00. The van der Waals surface area contributed by atoms with Crippen LogP contribution in [0, 0.1) is 0 Å². The molecule has 0 aliphatic rings. The van der Waals surface area contributed by atoms with Crippen molar-refractivity contribution in [3.05, 3.63) is 29.8 Å². The summed E-state index contributed by atoms with van der Waals surface area (Å²) in [5, 5.41) is 0. The Morgan fingerprint density at radius 1 is 1.18 bits per heavy atom. The van der Waals surface area contributed by atoms with Crippen molar-refractivity contribution in [3.63, 3.8) is 0 Å². The number of rotatable bonds is 5. The van der Waals surface area contributed by atoms with Gasteiger partial charge in [0.15, 0.2) is 0 Å². The van der Waals surface area contributed by atoms with E-state index in [9.17, 15) is 13.2 Å². The topological polar surface area (TPSA) is 3.24 Å². The smallest absolute Gasteiger partial charge is 0.372 e. The molecule has 0 bridgehead atoms. The molecule has 0 heterocycles. The highest BCUT2D eigenvalue weighted by atomic mass is 35.5. The second kappa shape index (κ2) is 6.15. The summed E-state index contributed by atoms with van der Waals surface area (Å²) in [6.45, 7) is 3.47. The third kappa shape index (κ3) is 4.11. The van der Waals surface area contributed by atoms with Crippen LogP contribution in [0.2, 0.25) is 0 Å². The Morgan fingerprint density at radius 3 is 2.18 bits per heavy atom. The van der Waals surface area contributed by atoms with Gasteiger partial charge in [-0.1, -0.05) is 0 Å². The van der Waals surface area contributed by atoms with E-state index in [-0.39, 0.29) is 0 Å². The average molecular weight is 266 g/mol. The molecular weight excluding hydrogens is 251 g/mol. The quantitative estimate of drug-likeness (QED) is 0.723. The summed E-state index contributed by atoms with van der Waals surface area (Å²) >= 11 is 5.60. The third-order valence-electron chi connectivity index (χ3n) is 2.50. The molecule has 0 fully saturated rings. The molecule has 0 aromatic heterocycles. The first-order valence-corrected chi connectivity index (χ1v) is 6.00. The van der Waals surface area contributed by atoms with E-state index in [2.05, 4.69) is 0 Å². The van der Waals surface area contributed by atoms with Crippen LogP contribution in [-0.2, 0) is 6.18 Å². The highest BCUT2D eigenvalue weighted by Gasteiger charge is 2.30. The number of benzene rings is 1. The molecule has 0 N–H and O–H groups in total. The van der Waals surface area contributed by atoms with Gasteiger partial charge in [-0.2, -0.15) is 13.2 Å². The maximum absolute atomic E-state index is 12.4. The van der Waals surface area contributed by atoms with Crippen molar-refractivity contribution in [1.82, 2.24) is 0 Å². The van der Waals surface area contributed by atoms with Gasteiger partial charge in [0.25, 0.3) is 0 Å². The third-order valence-corrected chi connectivity index (χ3v) is 2.77. The van der Waals surface area contributed by atoms with Crippen LogP contribution in [0.1, 0.15) is 18.9 Å². The fourth-order valence-electron chi connectivity index (χ4n) is 1.58. The first-order chi connectivity index (χ1) is 7.99. The van der Waals surface area contributed by atoms with E-state index in [0.717, 1.165) is 37.3 Å². The van der Waals surface area contributed by atoms with E-state index in [0.29, 0.717) is 5.88 Å². The predicted molar refractivity (Wildman–Crippen MR) is 64.7 cm³/mol. The van der Waals surface area contributed by atoms with E-state index in [1.54, 1.807) is 0 Å². The van der Waals surface area contributed by atoms with Gasteiger partial charge >= 0.3 is 6.18 Å². The van der Waals surface area contributed by atoms with Gasteiger partial charge in [-0.05, 0) is 37.6 Å². The standard InChI is InChI=1S/C12H15ClF3N/c1-2-17(9-3-8-13)11-6-4-10(5-7-11)12(14,15)16/h4-7H,2-3,8-9H2,1H3. The molecule has 0 amide bonds. The van der Waals surface area contributed by atoms with Crippen molar-refractivity contribution >= 4 is 17.3 Å². The highest BCUT2D eigenvalue weighted by Crippen LogP contribution is 2.30. The van der Waals surface area contributed by atoms with Gasteiger partial charge in [-0.15, -0.1) is 11.6 Å². The van der Waals surface area contributed by atoms with E-state index < -0.39 is 11.7 Å². The Bertz CT molecular complexity index is 335. The van der Waals surface area contributed by atoms with Crippen LogP contribution in [-0.4, -0.2) is 19.0 Å². The van der Waals surface area contributed by atoms with Crippen molar-refractivity contribution in [2.24, 2.45) is 0 Å². The van der Waals surface area contributed by atoms with Gasteiger partial charge in [0.2, 0.25) is 0 Å². The van der Waals surface area contributed by atoms with E-state index in [4.69, 9.17) is 11.6 Å². The lowest BCUT2D eigenvalue weighted by molar-refractivity contribution is -0.137. The van der Waals surface area contributed by atoms with Crippen molar-refractivity contribution in [3.8, 4) is 0 Å². The number of nitrogens with zero attached hydrogens (tertiary/aromatic N) is 1. The minimum atomic E-state index is -4.27. The maximum atomic E-state index is 12.4. The average Bonchev–Trinajstić information content (AvgIpc) is 2.29. The molecule has 1 aromatic carbocycles. The van der Waals surface area contributed by atoms with Gasteiger partial charge < -0.3 is 4.90 Å². The Labute approximate surface area is 104 Å². The summed E-state index contributed by atoms with van der Waals surface area (Å²) in [6.07, 6.45) is -3.46. The van der Waals surface area contributed by atoms with Crippen LogP contribution in [0.15, 0.2) is 24.3 Å². The number of anilines is 1. The normalized spacial score (nSPS) is 11.6. The maximum Gasteiger partial charge on any atom is 0.416 e. The van der Waals surface area contributed by atoms with Gasteiger partial charge in [0, 0.05) is 24.7 Å². The lowest BCUT2D eigenvalue weighted by atomic mass is 10.2. The molecule has 17 heavy (non-hydrogen) atoms. The van der Waals surface area contributed by atoms with Crippen molar-refractivity contribution in [2.75, 3.05) is 23.9 Å². The molecule has 1 rings (SSSR count). The molecule has 96 valence electrons. The molecule has 0 unspecified atom stereocenters. The Balaban J connectivity index is 2.78. The van der Waals surface area contributed by atoms with Crippen LogP contribution in [0.25, 0.3) is 0 Å². The minimum Gasteiger partial charge on any atom is -0.372 e. The Morgan fingerprint density at radius 2 is 1.76 bits per heavy atom. The molecule has 1 nitrogen and oxygen atoms in total.